The first-order chi connectivity index (χ1) is 15.6. The second-order valence-electron chi connectivity index (χ2n) is 7.85. The van der Waals surface area contributed by atoms with Gasteiger partial charge in [0.25, 0.3) is 5.91 Å². The molecular weight excluding hydrogens is 417 g/mol. The number of benzene rings is 4. The number of anilines is 1. The van der Waals surface area contributed by atoms with Gasteiger partial charge in [-0.2, -0.15) is 0 Å². The summed E-state index contributed by atoms with van der Waals surface area (Å²) in [7, 11) is -3.85. The van der Waals surface area contributed by atoms with E-state index in [0.717, 1.165) is 5.56 Å². The molecule has 0 aliphatic carbocycles. The van der Waals surface area contributed by atoms with Gasteiger partial charge < -0.3 is 14.6 Å². The normalized spacial score (nSPS) is 17.9. The number of fused-ring (bicyclic) bond motifs is 1. The average Bonchev–Trinajstić information content (AvgIpc) is 3.08. The summed E-state index contributed by atoms with van der Waals surface area (Å²) in [5, 5.41) is 10.9. The molecule has 1 amide bonds. The molecule has 1 aliphatic heterocycles. The molecule has 5 heteroatoms. The Balaban J connectivity index is 1.75. The average molecular weight is 439 g/mol. The zero-order valence-electron chi connectivity index (χ0n) is 17.3. The molecule has 1 aliphatic rings. The van der Waals surface area contributed by atoms with Gasteiger partial charge in [-0.25, -0.2) is 0 Å². The van der Waals surface area contributed by atoms with Gasteiger partial charge in [0, 0.05) is 16.2 Å². The Hall–Kier alpha value is -3.46. The molecule has 0 bridgehead atoms. The maximum absolute atomic E-state index is 15.0. The monoisotopic (exact) mass is 439 g/mol. The highest BCUT2D eigenvalue weighted by Gasteiger charge is 2.62. The van der Waals surface area contributed by atoms with Crippen molar-refractivity contribution in [2.75, 3.05) is 4.90 Å². The third kappa shape index (κ3) is 2.96. The van der Waals surface area contributed by atoms with E-state index in [1.54, 1.807) is 71.6 Å². The van der Waals surface area contributed by atoms with Gasteiger partial charge in [-0.15, -0.1) is 0 Å². The van der Waals surface area contributed by atoms with Crippen LogP contribution in [0.2, 0.25) is 0 Å². The quantitative estimate of drug-likeness (QED) is 0.469. The Morgan fingerprint density at radius 2 is 1.16 bits per heavy atom. The van der Waals surface area contributed by atoms with Crippen LogP contribution in [0.25, 0.3) is 0 Å². The van der Waals surface area contributed by atoms with E-state index < -0.39 is 18.4 Å². The van der Waals surface area contributed by atoms with Crippen molar-refractivity contribution in [3.63, 3.8) is 0 Å². The summed E-state index contributed by atoms with van der Waals surface area (Å²) in [4.78, 5) is 15.5. The molecule has 4 aromatic rings. The van der Waals surface area contributed by atoms with Crippen LogP contribution in [0.1, 0.15) is 11.1 Å². The summed E-state index contributed by atoms with van der Waals surface area (Å²) in [5.74, 6) is -0.571. The van der Waals surface area contributed by atoms with Gasteiger partial charge in [0.15, 0.2) is 7.14 Å². The number of hydrogen-bond acceptors (Lipinski definition) is 3. The van der Waals surface area contributed by atoms with E-state index in [2.05, 4.69) is 0 Å². The van der Waals surface area contributed by atoms with Crippen molar-refractivity contribution >= 4 is 29.3 Å². The molecule has 5 rings (SSSR count). The standard InChI is InChI=1S/C27H22NO3P/c29-26-27(30,32(31,22-14-6-2-7-15-22)23-16-8-3-9-17-23)24-18-10-11-19-25(24)28(26)20-21-12-4-1-5-13-21/h1-19,30H,20H2. The van der Waals surface area contributed by atoms with Gasteiger partial charge in [-0.05, 0) is 11.6 Å². The first-order valence-electron chi connectivity index (χ1n) is 10.5. The van der Waals surface area contributed by atoms with Crippen LogP contribution in [0.4, 0.5) is 5.69 Å². The van der Waals surface area contributed by atoms with E-state index in [1.165, 1.54) is 0 Å². The van der Waals surface area contributed by atoms with E-state index in [4.69, 9.17) is 0 Å². The molecule has 0 fully saturated rings. The fourth-order valence-electron chi connectivity index (χ4n) is 4.44. The SMILES string of the molecule is O=C1N(Cc2ccccc2)c2ccccc2C1(O)P(=O)(c1ccccc1)c1ccccc1. The summed E-state index contributed by atoms with van der Waals surface area (Å²) in [5.41, 5.74) is 1.88. The molecule has 0 saturated carbocycles. The number of hydrogen-bond donors (Lipinski definition) is 1. The highest BCUT2D eigenvalue weighted by Crippen LogP contribution is 2.64. The van der Waals surface area contributed by atoms with Gasteiger partial charge >= 0.3 is 0 Å². The fraction of sp³-hybridized carbons (Fsp3) is 0.0741. The summed E-state index contributed by atoms with van der Waals surface area (Å²) < 4.78 is 15.0. The zero-order chi connectivity index (χ0) is 22.2. The molecule has 1 atom stereocenters. The minimum absolute atomic E-state index is 0.280. The Kier molecular flexibility index (Phi) is 5.05. The van der Waals surface area contributed by atoms with Gasteiger partial charge in [-0.1, -0.05) is 109 Å². The van der Waals surface area contributed by atoms with E-state index in [0.29, 0.717) is 21.9 Å². The van der Waals surface area contributed by atoms with Crippen molar-refractivity contribution in [1.29, 1.82) is 0 Å². The largest absolute Gasteiger partial charge is 0.369 e. The Labute approximate surface area is 187 Å². The molecule has 0 spiro atoms. The highest BCUT2D eigenvalue weighted by atomic mass is 31.2. The minimum atomic E-state index is -3.85. The molecule has 0 radical (unpaired) electrons. The van der Waals surface area contributed by atoms with Gasteiger partial charge in [0.05, 0.1) is 12.2 Å². The third-order valence-corrected chi connectivity index (χ3v) is 9.39. The lowest BCUT2D eigenvalue weighted by Gasteiger charge is -2.33. The van der Waals surface area contributed by atoms with Crippen LogP contribution in [-0.2, 0) is 21.2 Å². The van der Waals surface area contributed by atoms with E-state index in [-0.39, 0.29) is 6.54 Å². The first-order valence-corrected chi connectivity index (χ1v) is 12.2. The van der Waals surface area contributed by atoms with Crippen molar-refractivity contribution in [2.24, 2.45) is 0 Å². The zero-order valence-corrected chi connectivity index (χ0v) is 18.2. The van der Waals surface area contributed by atoms with Crippen LogP contribution in [0, 0.1) is 0 Å². The minimum Gasteiger partial charge on any atom is -0.369 e. The second kappa shape index (κ2) is 7.90. The Morgan fingerprint density at radius 1 is 0.688 bits per heavy atom. The molecule has 1 unspecified atom stereocenters. The van der Waals surface area contributed by atoms with E-state index >= 15 is 4.57 Å². The summed E-state index contributed by atoms with van der Waals surface area (Å²) >= 11 is 0. The molecule has 4 aromatic carbocycles. The maximum atomic E-state index is 15.0. The lowest BCUT2D eigenvalue weighted by Crippen LogP contribution is -2.44. The number of rotatable bonds is 5. The molecule has 4 nitrogen and oxygen atoms in total. The number of carbonyl (C=O) groups is 1. The van der Waals surface area contributed by atoms with Crippen LogP contribution < -0.4 is 15.5 Å². The fourth-order valence-corrected chi connectivity index (χ4v) is 7.59. The Bertz CT molecular complexity index is 1270. The molecule has 1 heterocycles. The van der Waals surface area contributed by atoms with Gasteiger partial charge in [0.1, 0.15) is 0 Å². The van der Waals surface area contributed by atoms with Crippen molar-refractivity contribution in [1.82, 2.24) is 0 Å². The van der Waals surface area contributed by atoms with Crippen molar-refractivity contribution in [3.05, 3.63) is 126 Å². The van der Waals surface area contributed by atoms with Gasteiger partial charge in [-0.3, -0.25) is 4.79 Å². The summed E-state index contributed by atoms with van der Waals surface area (Å²) in [6.07, 6.45) is 0. The van der Waals surface area contributed by atoms with Crippen molar-refractivity contribution in [3.8, 4) is 0 Å². The molecule has 1 N–H and O–H groups in total. The topological polar surface area (TPSA) is 57.6 Å². The number of aliphatic hydroxyl groups is 1. The molecular formula is C27H22NO3P. The maximum Gasteiger partial charge on any atom is 0.272 e. The van der Waals surface area contributed by atoms with Crippen LogP contribution >= 0.6 is 7.14 Å². The second-order valence-corrected chi connectivity index (χ2v) is 10.7. The lowest BCUT2D eigenvalue weighted by molar-refractivity contribution is -0.128. The Morgan fingerprint density at radius 3 is 1.72 bits per heavy atom. The van der Waals surface area contributed by atoms with Crippen LogP contribution in [0.5, 0.6) is 0 Å². The van der Waals surface area contributed by atoms with E-state index in [9.17, 15) is 9.90 Å². The number of para-hydroxylation sites is 1. The number of nitrogens with zero attached hydrogens (tertiary/aromatic N) is 1. The lowest BCUT2D eigenvalue weighted by atomic mass is 10.1. The van der Waals surface area contributed by atoms with Crippen molar-refractivity contribution < 1.29 is 14.5 Å². The molecule has 32 heavy (non-hydrogen) atoms. The molecule has 158 valence electrons. The first kappa shape index (κ1) is 20.4. The van der Waals surface area contributed by atoms with Crippen molar-refractivity contribution in [2.45, 2.75) is 11.9 Å². The van der Waals surface area contributed by atoms with Crippen LogP contribution in [0.3, 0.4) is 0 Å². The van der Waals surface area contributed by atoms with Crippen LogP contribution in [0.15, 0.2) is 115 Å². The number of amides is 1. The highest BCUT2D eigenvalue weighted by molar-refractivity contribution is 7.80. The predicted molar refractivity (Wildman–Crippen MR) is 128 cm³/mol. The van der Waals surface area contributed by atoms with E-state index in [1.807, 2.05) is 48.5 Å². The van der Waals surface area contributed by atoms with Gasteiger partial charge in [0.2, 0.25) is 5.34 Å². The molecule has 0 aromatic heterocycles. The molecule has 0 saturated heterocycles. The summed E-state index contributed by atoms with van der Waals surface area (Å²) in [6.45, 7) is 0.280. The number of carbonyl (C=O) groups excluding carboxylic acids is 1. The smallest absolute Gasteiger partial charge is 0.272 e. The third-order valence-electron chi connectivity index (χ3n) is 5.99. The summed E-state index contributed by atoms with van der Waals surface area (Å²) in [6, 6.07) is 34.4. The predicted octanol–water partition coefficient (Wildman–Crippen LogP) is 4.39. The van der Waals surface area contributed by atoms with Crippen LogP contribution in [-0.4, -0.2) is 11.0 Å².